The minimum Gasteiger partial charge on any atom is -0.392 e. The minimum absolute atomic E-state index is 0.0521. The normalized spacial score (nSPS) is 24.5. The number of amides is 3. The fraction of sp³-hybridized carbons (Fsp3) is 0.400. The Balaban J connectivity index is 1.51. The van der Waals surface area contributed by atoms with Crippen LogP contribution >= 0.6 is 0 Å². The van der Waals surface area contributed by atoms with Crippen molar-refractivity contribution in [1.82, 2.24) is 15.1 Å². The molecule has 0 saturated carbocycles. The summed E-state index contributed by atoms with van der Waals surface area (Å²) in [6.07, 6.45) is -0.990. The summed E-state index contributed by atoms with van der Waals surface area (Å²) in [4.78, 5) is 39.1. The third-order valence-corrected chi connectivity index (χ3v) is 7.50. The molecular formula is C25H24B3FN4O8. The predicted molar refractivity (Wildman–Crippen MR) is 141 cm³/mol. The zero-order valence-electron chi connectivity index (χ0n) is 21.6. The maximum absolute atomic E-state index is 15.1. The fourth-order valence-electron chi connectivity index (χ4n) is 5.35. The molecule has 208 valence electrons. The SMILES string of the molecule is [B]C([B])(Nc1cccc2c1C(O)(O)N(C1(O)CCC(=O)NC1=O)C2=O)c1cc(C([B])(O)N2CCOCC2)ccc1F. The maximum Gasteiger partial charge on any atom is 0.283 e. The molecule has 0 spiro atoms. The molecule has 3 amide bonds. The number of piperidine rings is 1. The monoisotopic (exact) mass is 560 g/mol. The molecule has 41 heavy (non-hydrogen) atoms. The molecular weight excluding hydrogens is 536 g/mol. The summed E-state index contributed by atoms with van der Waals surface area (Å²) in [7, 11) is 18.7. The number of anilines is 1. The van der Waals surface area contributed by atoms with Crippen molar-refractivity contribution in [2.75, 3.05) is 31.6 Å². The molecule has 2 aromatic carbocycles. The number of carbonyl (C=O) groups is 3. The Bertz CT molecular complexity index is 1440. The van der Waals surface area contributed by atoms with Gasteiger partial charge in [-0.05, 0) is 40.7 Å². The van der Waals surface area contributed by atoms with Crippen LogP contribution in [-0.4, -0.2) is 104 Å². The number of fused-ring (bicyclic) bond motifs is 1. The molecule has 0 bridgehead atoms. The van der Waals surface area contributed by atoms with Crippen molar-refractivity contribution in [3.05, 3.63) is 64.5 Å². The van der Waals surface area contributed by atoms with Gasteiger partial charge in [0, 0.05) is 31.6 Å². The fourth-order valence-corrected chi connectivity index (χ4v) is 5.35. The highest BCUT2D eigenvalue weighted by Crippen LogP contribution is 2.45. The second-order valence-corrected chi connectivity index (χ2v) is 10.2. The number of morpholine rings is 1. The van der Waals surface area contributed by atoms with Gasteiger partial charge in [0.25, 0.3) is 17.7 Å². The van der Waals surface area contributed by atoms with Crippen LogP contribution in [0.3, 0.4) is 0 Å². The number of halogens is 1. The standard InChI is InChI=1S/C25H24B3FN4O8/c26-23(27,15-12-13(4-5-16(15)29)24(28,38)32-8-10-41-11-9-32)31-17-3-1-2-14-19(17)25(39,40)33(20(14)35)22(37)7-6-18(34)30-21(22)36/h1-5,12,31,37-40H,6-11H2,(H,30,34,36). The molecule has 3 aliphatic rings. The number of carbonyl (C=O) groups excluding carboxylic acids is 3. The van der Waals surface area contributed by atoms with Gasteiger partial charge in [-0.15, -0.1) is 0 Å². The molecule has 16 heteroatoms. The minimum atomic E-state index is -3.30. The predicted octanol–water partition coefficient (Wildman–Crippen LogP) is -2.34. The van der Waals surface area contributed by atoms with Gasteiger partial charge in [0.15, 0.2) is 0 Å². The third-order valence-electron chi connectivity index (χ3n) is 7.50. The first-order chi connectivity index (χ1) is 19.1. The van der Waals surface area contributed by atoms with Crippen LogP contribution in [0.2, 0.25) is 0 Å². The summed E-state index contributed by atoms with van der Waals surface area (Å²) < 4.78 is 20.4. The lowest BCUT2D eigenvalue weighted by Gasteiger charge is -2.43. The molecule has 5 rings (SSSR count). The highest BCUT2D eigenvalue weighted by atomic mass is 19.1. The second-order valence-electron chi connectivity index (χ2n) is 10.2. The van der Waals surface area contributed by atoms with Crippen LogP contribution in [0, 0.1) is 5.82 Å². The zero-order chi connectivity index (χ0) is 30.0. The van der Waals surface area contributed by atoms with Gasteiger partial charge in [-0.3, -0.25) is 24.6 Å². The van der Waals surface area contributed by atoms with Crippen LogP contribution in [0.25, 0.3) is 0 Å². The Morgan fingerprint density at radius 3 is 2.39 bits per heavy atom. The summed E-state index contributed by atoms with van der Waals surface area (Å²) >= 11 is 0. The van der Waals surface area contributed by atoms with Crippen LogP contribution < -0.4 is 10.6 Å². The van der Waals surface area contributed by atoms with Crippen molar-refractivity contribution in [3.63, 3.8) is 0 Å². The average Bonchev–Trinajstić information content (AvgIpc) is 3.12. The van der Waals surface area contributed by atoms with E-state index in [2.05, 4.69) is 5.32 Å². The third kappa shape index (κ3) is 4.74. The summed E-state index contributed by atoms with van der Waals surface area (Å²) in [5.74, 6) is -7.38. The van der Waals surface area contributed by atoms with E-state index < -0.39 is 58.1 Å². The molecule has 2 saturated heterocycles. The first kappa shape index (κ1) is 29.2. The number of nitrogens with zero attached hydrogens (tertiary/aromatic N) is 2. The quantitative estimate of drug-likeness (QED) is 0.128. The number of nitrogens with one attached hydrogen (secondary N) is 2. The van der Waals surface area contributed by atoms with Crippen molar-refractivity contribution in [2.45, 2.75) is 35.4 Å². The van der Waals surface area contributed by atoms with E-state index in [9.17, 15) is 34.8 Å². The molecule has 12 nitrogen and oxygen atoms in total. The molecule has 3 aliphatic heterocycles. The van der Waals surface area contributed by atoms with Crippen LogP contribution in [-0.2, 0) is 31.2 Å². The van der Waals surface area contributed by atoms with Crippen molar-refractivity contribution in [1.29, 1.82) is 0 Å². The van der Waals surface area contributed by atoms with Gasteiger partial charge < -0.3 is 30.5 Å². The topological polar surface area (TPSA) is 172 Å². The lowest BCUT2D eigenvalue weighted by molar-refractivity contribution is -0.302. The number of rotatable bonds is 6. The zero-order valence-corrected chi connectivity index (χ0v) is 21.6. The summed E-state index contributed by atoms with van der Waals surface area (Å²) in [6.45, 7) is 1.23. The van der Waals surface area contributed by atoms with E-state index in [1.54, 1.807) is 0 Å². The van der Waals surface area contributed by atoms with E-state index >= 15 is 4.39 Å². The number of ether oxygens (including phenoxy) is 1. The van der Waals surface area contributed by atoms with Gasteiger partial charge in [0.2, 0.25) is 11.6 Å². The first-order valence-electron chi connectivity index (χ1n) is 12.6. The molecule has 2 unspecified atom stereocenters. The molecule has 2 fully saturated rings. The van der Waals surface area contributed by atoms with E-state index in [1.807, 2.05) is 5.32 Å². The van der Waals surface area contributed by atoms with Crippen LogP contribution in [0.1, 0.15) is 39.9 Å². The van der Waals surface area contributed by atoms with Crippen molar-refractivity contribution in [2.24, 2.45) is 0 Å². The molecule has 2 aromatic rings. The number of imide groups is 1. The molecule has 2 atom stereocenters. The number of aliphatic hydroxyl groups is 4. The lowest BCUT2D eigenvalue weighted by Crippen LogP contribution is -2.67. The van der Waals surface area contributed by atoms with Crippen LogP contribution in [0.4, 0.5) is 10.1 Å². The molecule has 6 N–H and O–H groups in total. The van der Waals surface area contributed by atoms with Crippen molar-refractivity contribution in [3.8, 4) is 0 Å². The Kier molecular flexibility index (Phi) is 7.08. The first-order valence-corrected chi connectivity index (χ1v) is 12.6. The Labute approximate surface area is 237 Å². The van der Waals surface area contributed by atoms with Crippen molar-refractivity contribution < 1.29 is 43.9 Å². The Morgan fingerprint density at radius 1 is 1.05 bits per heavy atom. The van der Waals surface area contributed by atoms with Gasteiger partial charge >= 0.3 is 0 Å². The van der Waals surface area contributed by atoms with Crippen molar-refractivity contribution >= 4 is 46.9 Å². The van der Waals surface area contributed by atoms with E-state index in [1.165, 1.54) is 29.2 Å². The molecule has 0 aromatic heterocycles. The maximum atomic E-state index is 15.1. The molecule has 0 aliphatic carbocycles. The van der Waals surface area contributed by atoms with Crippen LogP contribution in [0.5, 0.6) is 0 Å². The number of hydrogen-bond donors (Lipinski definition) is 6. The van der Waals surface area contributed by atoms with Gasteiger partial charge in [0.1, 0.15) is 13.7 Å². The van der Waals surface area contributed by atoms with E-state index in [-0.39, 0.29) is 33.7 Å². The number of hydrogen-bond acceptors (Lipinski definition) is 10. The van der Waals surface area contributed by atoms with E-state index in [0.29, 0.717) is 26.3 Å². The van der Waals surface area contributed by atoms with Gasteiger partial charge in [0.05, 0.1) is 45.7 Å². The van der Waals surface area contributed by atoms with E-state index in [0.717, 1.165) is 12.1 Å². The van der Waals surface area contributed by atoms with Gasteiger partial charge in [-0.1, -0.05) is 12.1 Å². The summed E-state index contributed by atoms with van der Waals surface area (Å²) in [6, 6.07) is 7.19. The highest BCUT2D eigenvalue weighted by molar-refractivity contribution is 6.41. The summed E-state index contributed by atoms with van der Waals surface area (Å²) in [5.41, 5.74) is -6.29. The number of benzene rings is 2. The van der Waals surface area contributed by atoms with Gasteiger partial charge in [-0.25, -0.2) is 9.29 Å². The summed E-state index contributed by atoms with van der Waals surface area (Å²) in [5, 5.41) is 46.6. The Hall–Kier alpha value is -3.27. The lowest BCUT2D eigenvalue weighted by atomic mass is 9.57. The second kappa shape index (κ2) is 9.93. The average molecular weight is 560 g/mol. The van der Waals surface area contributed by atoms with Gasteiger partial charge in [-0.2, -0.15) is 0 Å². The smallest absolute Gasteiger partial charge is 0.283 e. The van der Waals surface area contributed by atoms with Crippen LogP contribution in [0.15, 0.2) is 36.4 Å². The largest absolute Gasteiger partial charge is 0.392 e. The molecule has 6 radical (unpaired) electrons. The highest BCUT2D eigenvalue weighted by Gasteiger charge is 2.61. The Morgan fingerprint density at radius 2 is 1.73 bits per heavy atom. The van der Waals surface area contributed by atoms with E-state index in [4.69, 9.17) is 28.3 Å². The molecule has 3 heterocycles.